The molecule has 0 radical (unpaired) electrons. The Kier molecular flexibility index (Phi) is 18.1. The second kappa shape index (κ2) is 31.4. The molecule has 8 heteroatoms. The van der Waals surface area contributed by atoms with Crippen LogP contribution < -0.4 is 38.5 Å². The van der Waals surface area contributed by atoms with Gasteiger partial charge in [0, 0.05) is 44.7 Å². The summed E-state index contributed by atoms with van der Waals surface area (Å²) in [7, 11) is 0. The first-order chi connectivity index (χ1) is 65.5. The smallest absolute Gasteiger partial charge is 0.155 e. The fourth-order valence-corrected chi connectivity index (χ4v) is 21.2. The molecule has 0 bridgehead atoms. The van der Waals surface area contributed by atoms with Crippen molar-refractivity contribution < 1.29 is 18.9 Å². The van der Waals surface area contributed by atoms with Crippen molar-refractivity contribution in [2.75, 3.05) is 19.6 Å². The van der Waals surface area contributed by atoms with Gasteiger partial charge in [0.25, 0.3) is 0 Å². The maximum atomic E-state index is 6.61. The third-order valence-corrected chi connectivity index (χ3v) is 27.1. The average Bonchev–Trinajstić information content (AvgIpc) is 0.739. The van der Waals surface area contributed by atoms with Crippen LogP contribution in [0.5, 0.6) is 46.0 Å². The predicted octanol–water partition coefficient (Wildman–Crippen LogP) is 34.7. The Morgan fingerprint density at radius 1 is 0.182 bits per heavy atom. The Labute approximate surface area is 764 Å². The maximum Gasteiger partial charge on any atom is 0.155 e. The third-order valence-electron chi connectivity index (χ3n) is 27.1. The van der Waals surface area contributed by atoms with Crippen LogP contribution in [-0.2, 0) is 25.7 Å². The average molecular weight is 1690 g/mol. The minimum atomic E-state index is 0.868. The van der Waals surface area contributed by atoms with Crippen LogP contribution in [0.3, 0.4) is 0 Å². The van der Waals surface area contributed by atoms with Crippen LogP contribution in [0.25, 0.3) is 122 Å². The lowest BCUT2D eigenvalue weighted by Crippen LogP contribution is -2.17. The lowest BCUT2D eigenvalue weighted by molar-refractivity contribution is 0.473. The van der Waals surface area contributed by atoms with Gasteiger partial charge < -0.3 is 38.5 Å². The molecule has 8 aliphatic rings. The summed E-state index contributed by atoms with van der Waals surface area (Å²) in [5.74, 6) is 7.42. The van der Waals surface area contributed by atoms with Crippen LogP contribution in [0.2, 0.25) is 0 Å². The van der Waals surface area contributed by atoms with Crippen LogP contribution in [-0.4, -0.2) is 0 Å². The van der Waals surface area contributed by atoms with Crippen LogP contribution in [0.15, 0.2) is 425 Å². The molecule has 0 saturated carbocycles. The quantitative estimate of drug-likeness (QED) is 0.163. The van der Waals surface area contributed by atoms with E-state index >= 15 is 0 Å². The van der Waals surface area contributed by atoms with Crippen molar-refractivity contribution in [2.45, 2.75) is 25.7 Å². The highest BCUT2D eigenvalue weighted by atomic mass is 16.5. The summed E-state index contributed by atoms with van der Waals surface area (Å²) < 4.78 is 26.3. The van der Waals surface area contributed by atoms with Gasteiger partial charge in [0.15, 0.2) is 46.0 Å². The molecule has 622 valence electrons. The van der Waals surface area contributed by atoms with Crippen LogP contribution in [0.1, 0.15) is 44.5 Å². The molecule has 4 aliphatic carbocycles. The van der Waals surface area contributed by atoms with Gasteiger partial charge in [-0.25, -0.2) is 0 Å². The lowest BCUT2D eigenvalue weighted by Gasteiger charge is -2.35. The van der Waals surface area contributed by atoms with Crippen molar-refractivity contribution in [3.63, 3.8) is 0 Å². The highest BCUT2D eigenvalue weighted by Gasteiger charge is 2.36. The molecule has 132 heavy (non-hydrogen) atoms. The van der Waals surface area contributed by atoms with E-state index in [-0.39, 0.29) is 0 Å². The molecule has 8 nitrogen and oxygen atoms in total. The molecule has 29 rings (SSSR count). The van der Waals surface area contributed by atoms with Crippen LogP contribution in [0.4, 0.5) is 68.2 Å². The molecule has 4 aliphatic heterocycles. The number of hydrogen-bond acceptors (Lipinski definition) is 8. The topological polar surface area (TPSA) is 49.9 Å². The molecular formula is C124H82N4O4. The van der Waals surface area contributed by atoms with Gasteiger partial charge in [0.2, 0.25) is 0 Å². The minimum absolute atomic E-state index is 0.868. The standard InChI is InChI=1S/C35H23NO.C31H21NO.2C29H19NO/c1-2-13-28-23(8-1)9-6-14-29(28)24-18-20-27(21-19-24)36-31-16-3-4-17-33(31)37-35-30-15-7-11-25-10-5-12-26(34(25)30)22-32(35)36;1-2-8-21(9-3-1)22-16-18-25(19-17-22)32-27-14-4-5-15-29(27)33-31-26-13-7-11-23-10-6-12-24(30(23)26)20-28(31)32;1-2-13-22-19(8-1)9-7-16-24(22)30-25-15-3-4-17-27(25)31-29-23-14-6-11-20-10-5-12-21(28(20)23)18-26(29)30;1-2-8-21-17-23(16-15-19(21)7-1)30-25-13-3-4-14-27(25)31-29-24-12-6-10-20-9-5-11-22(28(20)24)18-26(29)30/h1-14,16-22H,15H2;1-12,14-20H,13H2;1-13,15-18H,14H2;1-11,13-18H,12H2. The monoisotopic (exact) mass is 1690 g/mol. The first-order valence-corrected chi connectivity index (χ1v) is 45.5. The van der Waals surface area contributed by atoms with Crippen molar-refractivity contribution in [1.29, 1.82) is 0 Å². The molecule has 4 heterocycles. The van der Waals surface area contributed by atoms with E-state index < -0.39 is 0 Å². The first-order valence-electron chi connectivity index (χ1n) is 45.5. The SMILES string of the molecule is C1=Cc2cccc3cc4c(c(c23)C1)Oc1ccccc1N4c1ccc(-c2cccc3ccccc23)cc1.C1=Cc2cccc3cc4c(c(c23)C1)Oc1ccccc1N4c1ccc(-c2ccccc2)cc1.C1=Cc2cccc3cc4c(c(c23)C1)Oc1ccccc1N4c1ccc2ccccc2c1.C1=Cc2cccc3cc4c(c(c23)C1)Oc1ccccc1N4c1cccc2ccccc12. The molecule has 21 aromatic carbocycles. The Balaban J connectivity index is 0.0000000924. The van der Waals surface area contributed by atoms with E-state index in [9.17, 15) is 0 Å². The summed E-state index contributed by atoms with van der Waals surface area (Å²) in [5.41, 5.74) is 28.2. The summed E-state index contributed by atoms with van der Waals surface area (Å²) in [6.07, 6.45) is 21.3. The molecule has 21 aromatic rings. The molecular weight excluding hydrogens is 1610 g/mol. The summed E-state index contributed by atoms with van der Waals surface area (Å²) in [5, 5.41) is 17.7. The van der Waals surface area contributed by atoms with Crippen LogP contribution in [0, 0.1) is 0 Å². The number of ether oxygens (including phenoxy) is 4. The Bertz CT molecular complexity index is 8480. The zero-order valence-electron chi connectivity index (χ0n) is 72.0. The van der Waals surface area contributed by atoms with E-state index in [4.69, 9.17) is 18.9 Å². The van der Waals surface area contributed by atoms with Gasteiger partial charge >= 0.3 is 0 Å². The number of anilines is 12. The third kappa shape index (κ3) is 12.7. The van der Waals surface area contributed by atoms with Gasteiger partial charge in [0.05, 0.1) is 51.2 Å². The van der Waals surface area contributed by atoms with E-state index in [1.165, 1.54) is 148 Å². The van der Waals surface area contributed by atoms with Crippen molar-refractivity contribution in [3.8, 4) is 68.2 Å². The summed E-state index contributed by atoms with van der Waals surface area (Å²) in [6, 6.07) is 142. The Hall–Kier alpha value is -17.2. The summed E-state index contributed by atoms with van der Waals surface area (Å²) in [4.78, 5) is 9.41. The molecule has 0 amide bonds. The fourth-order valence-electron chi connectivity index (χ4n) is 21.2. The highest BCUT2D eigenvalue weighted by Crippen LogP contribution is 2.61. The highest BCUT2D eigenvalue weighted by molar-refractivity contribution is 6.10. The van der Waals surface area contributed by atoms with Crippen molar-refractivity contribution in [3.05, 3.63) is 469 Å². The van der Waals surface area contributed by atoms with Gasteiger partial charge in [-0.15, -0.1) is 0 Å². The minimum Gasteiger partial charge on any atom is -0.453 e. The van der Waals surface area contributed by atoms with Gasteiger partial charge in [-0.2, -0.15) is 0 Å². The largest absolute Gasteiger partial charge is 0.453 e. The van der Waals surface area contributed by atoms with Crippen LogP contribution >= 0.6 is 0 Å². The number of para-hydroxylation sites is 8. The van der Waals surface area contributed by atoms with Gasteiger partial charge in [0.1, 0.15) is 0 Å². The van der Waals surface area contributed by atoms with E-state index in [0.717, 1.165) is 134 Å². The van der Waals surface area contributed by atoms with E-state index in [1.807, 2.05) is 24.3 Å². The molecule has 0 N–H and O–H groups in total. The van der Waals surface area contributed by atoms with Crippen molar-refractivity contribution in [1.82, 2.24) is 0 Å². The second-order valence-corrected chi connectivity index (χ2v) is 34.7. The first kappa shape index (κ1) is 76.1. The summed E-state index contributed by atoms with van der Waals surface area (Å²) in [6.45, 7) is 0. The van der Waals surface area contributed by atoms with Crippen molar-refractivity contribution >= 4 is 168 Å². The lowest BCUT2D eigenvalue weighted by atomic mass is 9.90. The molecule has 0 unspecified atom stereocenters. The Morgan fingerprint density at radius 2 is 0.485 bits per heavy atom. The van der Waals surface area contributed by atoms with Gasteiger partial charge in [-0.3, -0.25) is 0 Å². The zero-order chi connectivity index (χ0) is 86.9. The molecule has 0 spiro atoms. The van der Waals surface area contributed by atoms with E-state index in [1.54, 1.807) is 0 Å². The maximum absolute atomic E-state index is 6.61. The van der Waals surface area contributed by atoms with E-state index in [2.05, 4.69) is 444 Å². The molecule has 0 aromatic heterocycles. The normalized spacial score (nSPS) is 13.5. The summed E-state index contributed by atoms with van der Waals surface area (Å²) >= 11 is 0. The fraction of sp³-hybridized carbons (Fsp3) is 0.0323. The molecule has 0 atom stereocenters. The predicted molar refractivity (Wildman–Crippen MR) is 549 cm³/mol. The Morgan fingerprint density at radius 3 is 0.932 bits per heavy atom. The number of fused-ring (bicyclic) bond motifs is 15. The second-order valence-electron chi connectivity index (χ2n) is 34.7. The number of rotatable bonds is 6. The number of allylic oxidation sites excluding steroid dienone is 4. The van der Waals surface area contributed by atoms with Gasteiger partial charge in [-0.05, 0) is 255 Å². The van der Waals surface area contributed by atoms with E-state index in [0.29, 0.717) is 0 Å². The number of benzene rings is 21. The number of nitrogens with zero attached hydrogens (tertiary/aromatic N) is 4. The van der Waals surface area contributed by atoms with Gasteiger partial charge in [-0.1, -0.05) is 334 Å². The molecule has 0 fully saturated rings. The van der Waals surface area contributed by atoms with Crippen molar-refractivity contribution in [2.24, 2.45) is 0 Å². The zero-order valence-corrected chi connectivity index (χ0v) is 72.0. The molecule has 0 saturated heterocycles. The number of hydrogen-bond donors (Lipinski definition) is 0.